The molecule has 102 valence electrons. The van der Waals surface area contributed by atoms with E-state index in [9.17, 15) is 4.79 Å². The number of rotatable bonds is 6. The first-order valence-electron chi connectivity index (χ1n) is 6.14. The highest BCUT2D eigenvalue weighted by atomic mass is 16.2. The number of carbonyl (C=O) groups excluding carboxylic acids is 1. The van der Waals surface area contributed by atoms with Crippen LogP contribution in [0.25, 0.3) is 0 Å². The minimum atomic E-state index is -0.0828. The molecule has 0 unspecified atom stereocenters. The minimum absolute atomic E-state index is 0.0828. The predicted molar refractivity (Wildman–Crippen MR) is 72.3 cm³/mol. The van der Waals surface area contributed by atoms with Crippen molar-refractivity contribution in [2.24, 2.45) is 5.92 Å². The largest absolute Gasteiger partial charge is 0.396 e. The molecule has 0 bridgehead atoms. The van der Waals surface area contributed by atoms with Crippen molar-refractivity contribution in [3.63, 3.8) is 0 Å². The molecule has 0 aromatic carbocycles. The van der Waals surface area contributed by atoms with Crippen molar-refractivity contribution >= 4 is 11.6 Å². The number of aromatic nitrogens is 2. The van der Waals surface area contributed by atoms with Gasteiger partial charge >= 0.3 is 0 Å². The second kappa shape index (κ2) is 6.39. The average Bonchev–Trinajstić information content (AvgIpc) is 2.69. The second-order valence-electron chi connectivity index (χ2n) is 5.15. The van der Waals surface area contributed by atoms with E-state index in [1.54, 1.807) is 0 Å². The molecular formula is C12H23N5O. The van der Waals surface area contributed by atoms with Gasteiger partial charge in [0.05, 0.1) is 11.9 Å². The Morgan fingerprint density at radius 2 is 2.11 bits per heavy atom. The highest BCUT2D eigenvalue weighted by molar-refractivity contribution is 5.97. The van der Waals surface area contributed by atoms with E-state index in [0.29, 0.717) is 30.4 Å². The van der Waals surface area contributed by atoms with Gasteiger partial charge in [0, 0.05) is 19.6 Å². The zero-order valence-corrected chi connectivity index (χ0v) is 11.6. The van der Waals surface area contributed by atoms with E-state index < -0.39 is 0 Å². The SMILES string of the molecule is CC(C)CN(CCN(C)C)C(=O)c1[nH]ncc1N. The lowest BCUT2D eigenvalue weighted by Gasteiger charge is -2.25. The van der Waals surface area contributed by atoms with Crippen molar-refractivity contribution in [1.29, 1.82) is 0 Å². The maximum atomic E-state index is 12.3. The maximum absolute atomic E-state index is 12.3. The molecule has 6 nitrogen and oxygen atoms in total. The molecule has 0 aliphatic heterocycles. The number of nitrogens with one attached hydrogen (secondary N) is 1. The molecule has 1 rings (SSSR count). The topological polar surface area (TPSA) is 78.2 Å². The molecule has 0 radical (unpaired) electrons. The summed E-state index contributed by atoms with van der Waals surface area (Å²) >= 11 is 0. The first kappa shape index (κ1) is 14.5. The van der Waals surface area contributed by atoms with Crippen LogP contribution in [-0.2, 0) is 0 Å². The predicted octanol–water partition coefficient (Wildman–Crippen LogP) is 0.652. The van der Waals surface area contributed by atoms with Crippen molar-refractivity contribution in [2.45, 2.75) is 13.8 Å². The van der Waals surface area contributed by atoms with Gasteiger partial charge in [-0.25, -0.2) is 0 Å². The van der Waals surface area contributed by atoms with Crippen molar-refractivity contribution < 1.29 is 4.79 Å². The molecule has 0 aliphatic rings. The first-order valence-corrected chi connectivity index (χ1v) is 6.14. The van der Waals surface area contributed by atoms with Crippen LogP contribution in [0.2, 0.25) is 0 Å². The molecule has 0 saturated heterocycles. The van der Waals surface area contributed by atoms with E-state index in [4.69, 9.17) is 5.73 Å². The van der Waals surface area contributed by atoms with Crippen molar-refractivity contribution in [1.82, 2.24) is 20.0 Å². The Labute approximate surface area is 108 Å². The van der Waals surface area contributed by atoms with Crippen LogP contribution in [0.1, 0.15) is 24.3 Å². The van der Waals surface area contributed by atoms with Crippen molar-refractivity contribution in [3.8, 4) is 0 Å². The molecule has 0 fully saturated rings. The van der Waals surface area contributed by atoms with Gasteiger partial charge in [0.25, 0.3) is 5.91 Å². The average molecular weight is 253 g/mol. The van der Waals surface area contributed by atoms with Gasteiger partial charge in [0.2, 0.25) is 0 Å². The van der Waals surface area contributed by atoms with Crippen LogP contribution in [0.15, 0.2) is 6.20 Å². The van der Waals surface area contributed by atoms with Crippen LogP contribution < -0.4 is 5.73 Å². The molecule has 0 saturated carbocycles. The van der Waals surface area contributed by atoms with Crippen LogP contribution in [0.3, 0.4) is 0 Å². The fourth-order valence-corrected chi connectivity index (χ4v) is 1.66. The van der Waals surface area contributed by atoms with Crippen molar-refractivity contribution in [2.75, 3.05) is 39.5 Å². The normalized spacial score (nSPS) is 11.2. The fourth-order valence-electron chi connectivity index (χ4n) is 1.66. The number of nitrogens with zero attached hydrogens (tertiary/aromatic N) is 3. The number of H-pyrrole nitrogens is 1. The van der Waals surface area contributed by atoms with Gasteiger partial charge in [-0.3, -0.25) is 9.89 Å². The maximum Gasteiger partial charge on any atom is 0.274 e. The second-order valence-corrected chi connectivity index (χ2v) is 5.15. The third-order valence-electron chi connectivity index (χ3n) is 2.57. The summed E-state index contributed by atoms with van der Waals surface area (Å²) in [5, 5.41) is 6.46. The molecule has 3 N–H and O–H groups in total. The summed E-state index contributed by atoms with van der Waals surface area (Å²) in [7, 11) is 3.98. The molecule has 18 heavy (non-hydrogen) atoms. The molecule has 1 amide bonds. The first-order chi connectivity index (χ1) is 8.41. The highest BCUT2D eigenvalue weighted by Gasteiger charge is 2.20. The zero-order chi connectivity index (χ0) is 13.7. The smallest absolute Gasteiger partial charge is 0.274 e. The Morgan fingerprint density at radius 1 is 1.44 bits per heavy atom. The van der Waals surface area contributed by atoms with Gasteiger partial charge in [0.1, 0.15) is 5.69 Å². The van der Waals surface area contributed by atoms with Crippen LogP contribution in [0.4, 0.5) is 5.69 Å². The molecule has 1 heterocycles. The van der Waals surface area contributed by atoms with E-state index in [2.05, 4.69) is 28.9 Å². The lowest BCUT2D eigenvalue weighted by molar-refractivity contribution is 0.0720. The van der Waals surface area contributed by atoms with Gasteiger partial charge < -0.3 is 15.5 Å². The zero-order valence-electron chi connectivity index (χ0n) is 11.6. The van der Waals surface area contributed by atoms with Gasteiger partial charge in [0.15, 0.2) is 0 Å². The molecule has 6 heteroatoms. The fraction of sp³-hybridized carbons (Fsp3) is 0.667. The highest BCUT2D eigenvalue weighted by Crippen LogP contribution is 2.11. The number of hydrogen-bond donors (Lipinski definition) is 2. The third-order valence-corrected chi connectivity index (χ3v) is 2.57. The Balaban J connectivity index is 2.75. The Morgan fingerprint density at radius 3 is 2.56 bits per heavy atom. The van der Waals surface area contributed by atoms with Crippen molar-refractivity contribution in [3.05, 3.63) is 11.9 Å². The number of anilines is 1. The van der Waals surface area contributed by atoms with E-state index in [-0.39, 0.29) is 5.91 Å². The summed E-state index contributed by atoms with van der Waals surface area (Å²) in [4.78, 5) is 16.2. The summed E-state index contributed by atoms with van der Waals surface area (Å²) in [6, 6.07) is 0. The number of nitrogen functional groups attached to an aromatic ring is 1. The van der Waals surface area contributed by atoms with E-state index in [0.717, 1.165) is 6.54 Å². The minimum Gasteiger partial charge on any atom is -0.396 e. The summed E-state index contributed by atoms with van der Waals surface area (Å²) in [6.45, 7) is 6.40. The molecule has 0 atom stereocenters. The Kier molecular flexibility index (Phi) is 5.15. The van der Waals surface area contributed by atoms with E-state index in [1.165, 1.54) is 6.20 Å². The van der Waals surface area contributed by atoms with Gasteiger partial charge in [-0.15, -0.1) is 0 Å². The summed E-state index contributed by atoms with van der Waals surface area (Å²) < 4.78 is 0. The number of carbonyl (C=O) groups is 1. The number of aromatic amines is 1. The summed E-state index contributed by atoms with van der Waals surface area (Å²) in [6.07, 6.45) is 1.47. The third kappa shape index (κ3) is 4.03. The number of amides is 1. The molecule has 1 aromatic rings. The lowest BCUT2D eigenvalue weighted by atomic mass is 10.2. The van der Waals surface area contributed by atoms with Gasteiger partial charge in [-0.1, -0.05) is 13.8 Å². The van der Waals surface area contributed by atoms with Crippen LogP contribution in [0, 0.1) is 5.92 Å². The summed E-state index contributed by atoms with van der Waals surface area (Å²) in [5.41, 5.74) is 6.50. The molecule has 0 spiro atoms. The van der Waals surface area contributed by atoms with Crippen LogP contribution in [0.5, 0.6) is 0 Å². The molecule has 1 aromatic heterocycles. The van der Waals surface area contributed by atoms with E-state index in [1.807, 2.05) is 19.0 Å². The monoisotopic (exact) mass is 253 g/mol. The lowest BCUT2D eigenvalue weighted by Crippen LogP contribution is -2.39. The van der Waals surface area contributed by atoms with Crippen LogP contribution in [-0.4, -0.2) is 59.6 Å². The van der Waals surface area contributed by atoms with Crippen LogP contribution >= 0.6 is 0 Å². The van der Waals surface area contributed by atoms with E-state index >= 15 is 0 Å². The standard InChI is InChI=1S/C12H23N5O/c1-9(2)8-17(6-5-16(3)4)12(18)11-10(13)7-14-15-11/h7,9H,5-6,8,13H2,1-4H3,(H,14,15). The van der Waals surface area contributed by atoms with Gasteiger partial charge in [-0.2, -0.15) is 5.10 Å². The molecular weight excluding hydrogens is 230 g/mol. The Bertz CT molecular complexity index is 386. The van der Waals surface area contributed by atoms with Gasteiger partial charge in [-0.05, 0) is 20.0 Å². The number of nitrogens with two attached hydrogens (primary N) is 1. The quantitative estimate of drug-likeness (QED) is 0.780. The Hall–Kier alpha value is -1.56. The molecule has 0 aliphatic carbocycles. The number of likely N-dealkylation sites (N-methyl/N-ethyl adjacent to an activating group) is 1. The summed E-state index contributed by atoms with van der Waals surface area (Å²) in [5.74, 6) is 0.334. The number of hydrogen-bond acceptors (Lipinski definition) is 4.